The van der Waals surface area contributed by atoms with Crippen LogP contribution in [-0.4, -0.2) is 24.5 Å². The van der Waals surface area contributed by atoms with E-state index < -0.39 is 0 Å². The molecule has 2 N–H and O–H groups in total. The number of hydrogen-bond acceptors (Lipinski definition) is 2. The summed E-state index contributed by atoms with van der Waals surface area (Å²) in [4.78, 5) is 2.42. The zero-order chi connectivity index (χ0) is 14.0. The van der Waals surface area contributed by atoms with E-state index in [9.17, 15) is 4.39 Å². The molecule has 0 aliphatic carbocycles. The van der Waals surface area contributed by atoms with E-state index in [1.165, 1.54) is 12.5 Å². The summed E-state index contributed by atoms with van der Waals surface area (Å²) in [7, 11) is 0. The second-order valence-corrected chi connectivity index (χ2v) is 6.04. The third-order valence-electron chi connectivity index (χ3n) is 4.46. The molecule has 19 heavy (non-hydrogen) atoms. The molecular weight excluding hydrogens is 239 g/mol. The second kappa shape index (κ2) is 6.02. The van der Waals surface area contributed by atoms with Gasteiger partial charge >= 0.3 is 0 Å². The third kappa shape index (κ3) is 3.15. The van der Waals surface area contributed by atoms with Crippen LogP contribution in [0.25, 0.3) is 0 Å². The van der Waals surface area contributed by atoms with E-state index in [-0.39, 0.29) is 11.9 Å². The lowest BCUT2D eigenvalue weighted by molar-refractivity contribution is 0.231. The summed E-state index contributed by atoms with van der Waals surface area (Å²) in [5.41, 5.74) is 8.14. The maximum atomic E-state index is 13.5. The Labute approximate surface area is 115 Å². The van der Waals surface area contributed by atoms with Crippen molar-refractivity contribution in [2.45, 2.75) is 33.2 Å². The van der Waals surface area contributed by atoms with Crippen LogP contribution in [0.15, 0.2) is 18.2 Å². The predicted molar refractivity (Wildman–Crippen MR) is 77.5 cm³/mol. The van der Waals surface area contributed by atoms with Crippen molar-refractivity contribution in [2.75, 3.05) is 19.6 Å². The zero-order valence-electron chi connectivity index (χ0n) is 12.2. The van der Waals surface area contributed by atoms with Crippen molar-refractivity contribution in [3.63, 3.8) is 0 Å². The van der Waals surface area contributed by atoms with Gasteiger partial charge < -0.3 is 5.73 Å². The van der Waals surface area contributed by atoms with Gasteiger partial charge in [0.1, 0.15) is 5.82 Å². The normalized spacial score (nSPS) is 22.1. The Balaban J connectivity index is 2.19. The third-order valence-corrected chi connectivity index (χ3v) is 4.46. The number of likely N-dealkylation sites (tertiary alicyclic amines) is 1. The molecule has 0 amide bonds. The predicted octanol–water partition coefficient (Wildman–Crippen LogP) is 3.11. The van der Waals surface area contributed by atoms with E-state index in [2.05, 4.69) is 18.7 Å². The molecule has 0 spiro atoms. The van der Waals surface area contributed by atoms with Crippen molar-refractivity contribution >= 4 is 0 Å². The standard InChI is InChI=1S/C16H25FN2/c1-11(2)13-6-7-19(10-13)16(9-18)15-8-14(17)5-4-12(15)3/h4-5,8,11,13,16H,6-7,9-10,18H2,1-3H3. The highest BCUT2D eigenvalue weighted by Gasteiger charge is 2.30. The quantitative estimate of drug-likeness (QED) is 0.905. The number of hydrogen-bond donors (Lipinski definition) is 1. The molecule has 0 saturated carbocycles. The minimum absolute atomic E-state index is 0.152. The van der Waals surface area contributed by atoms with Crippen LogP contribution >= 0.6 is 0 Å². The number of rotatable bonds is 4. The van der Waals surface area contributed by atoms with Crippen LogP contribution < -0.4 is 5.73 Å². The SMILES string of the molecule is Cc1ccc(F)cc1C(CN)N1CCC(C(C)C)C1. The fourth-order valence-corrected chi connectivity index (χ4v) is 3.09. The van der Waals surface area contributed by atoms with Crippen LogP contribution in [0.4, 0.5) is 4.39 Å². The summed E-state index contributed by atoms with van der Waals surface area (Å²) in [5.74, 6) is 1.28. The van der Waals surface area contributed by atoms with Crippen molar-refractivity contribution in [1.82, 2.24) is 4.90 Å². The Kier molecular flexibility index (Phi) is 4.58. The molecule has 2 atom stereocenters. The van der Waals surface area contributed by atoms with Gasteiger partial charge in [0.05, 0.1) is 0 Å². The minimum atomic E-state index is -0.168. The first kappa shape index (κ1) is 14.5. The molecule has 1 aliphatic heterocycles. The number of halogens is 1. The highest BCUT2D eigenvalue weighted by molar-refractivity contribution is 5.30. The van der Waals surface area contributed by atoms with E-state index in [4.69, 9.17) is 5.73 Å². The summed E-state index contributed by atoms with van der Waals surface area (Å²) in [5, 5.41) is 0. The molecule has 1 aromatic rings. The number of nitrogens with two attached hydrogens (primary N) is 1. The Bertz CT molecular complexity index is 431. The van der Waals surface area contributed by atoms with Crippen LogP contribution in [-0.2, 0) is 0 Å². The Morgan fingerprint density at radius 2 is 2.16 bits per heavy atom. The van der Waals surface area contributed by atoms with E-state index in [1.54, 1.807) is 6.07 Å². The molecule has 1 aliphatic rings. The fraction of sp³-hybridized carbons (Fsp3) is 0.625. The van der Waals surface area contributed by atoms with Gasteiger partial charge in [0.25, 0.3) is 0 Å². The minimum Gasteiger partial charge on any atom is -0.329 e. The molecule has 1 fully saturated rings. The van der Waals surface area contributed by atoms with Crippen LogP contribution in [0.2, 0.25) is 0 Å². The first-order valence-corrected chi connectivity index (χ1v) is 7.23. The highest BCUT2D eigenvalue weighted by atomic mass is 19.1. The highest BCUT2D eigenvalue weighted by Crippen LogP contribution is 2.32. The first-order chi connectivity index (χ1) is 9.02. The average Bonchev–Trinajstić information content (AvgIpc) is 2.84. The lowest BCUT2D eigenvalue weighted by atomic mass is 9.95. The van der Waals surface area contributed by atoms with Gasteiger partial charge in [0.2, 0.25) is 0 Å². The molecule has 2 unspecified atom stereocenters. The molecule has 106 valence electrons. The van der Waals surface area contributed by atoms with Crippen molar-refractivity contribution in [3.8, 4) is 0 Å². The second-order valence-electron chi connectivity index (χ2n) is 6.04. The van der Waals surface area contributed by atoms with Crippen molar-refractivity contribution in [1.29, 1.82) is 0 Å². The molecule has 3 heteroatoms. The Hall–Kier alpha value is -0.930. The number of benzene rings is 1. The number of nitrogens with zero attached hydrogens (tertiary/aromatic N) is 1. The largest absolute Gasteiger partial charge is 0.329 e. The molecule has 2 nitrogen and oxygen atoms in total. The molecule has 2 rings (SSSR count). The molecule has 0 bridgehead atoms. The molecular formula is C16H25FN2. The average molecular weight is 264 g/mol. The lowest BCUT2D eigenvalue weighted by Gasteiger charge is -2.29. The molecule has 1 saturated heterocycles. The lowest BCUT2D eigenvalue weighted by Crippen LogP contribution is -2.33. The zero-order valence-corrected chi connectivity index (χ0v) is 12.2. The van der Waals surface area contributed by atoms with Gasteiger partial charge in [-0.3, -0.25) is 4.90 Å². The first-order valence-electron chi connectivity index (χ1n) is 7.23. The summed E-state index contributed by atoms with van der Waals surface area (Å²) >= 11 is 0. The maximum Gasteiger partial charge on any atom is 0.123 e. The fourth-order valence-electron chi connectivity index (χ4n) is 3.09. The molecule has 0 aromatic heterocycles. The molecule has 1 aromatic carbocycles. The Morgan fingerprint density at radius 3 is 2.74 bits per heavy atom. The topological polar surface area (TPSA) is 29.3 Å². The van der Waals surface area contributed by atoms with Gasteiger partial charge in [-0.2, -0.15) is 0 Å². The van der Waals surface area contributed by atoms with E-state index in [1.807, 2.05) is 13.0 Å². The van der Waals surface area contributed by atoms with Gasteiger partial charge in [0, 0.05) is 19.1 Å². The van der Waals surface area contributed by atoms with Gasteiger partial charge in [-0.25, -0.2) is 4.39 Å². The van der Waals surface area contributed by atoms with E-state index in [0.29, 0.717) is 12.5 Å². The molecule has 0 radical (unpaired) electrons. The smallest absolute Gasteiger partial charge is 0.123 e. The van der Waals surface area contributed by atoms with Gasteiger partial charge in [-0.15, -0.1) is 0 Å². The summed E-state index contributed by atoms with van der Waals surface area (Å²) in [6.45, 7) is 9.29. The van der Waals surface area contributed by atoms with Crippen molar-refractivity contribution in [2.24, 2.45) is 17.6 Å². The van der Waals surface area contributed by atoms with Crippen LogP contribution in [0.3, 0.4) is 0 Å². The van der Waals surface area contributed by atoms with Gasteiger partial charge in [-0.05, 0) is 55.0 Å². The van der Waals surface area contributed by atoms with Crippen molar-refractivity contribution < 1.29 is 4.39 Å². The van der Waals surface area contributed by atoms with Crippen molar-refractivity contribution in [3.05, 3.63) is 35.1 Å². The summed E-state index contributed by atoms with van der Waals surface area (Å²) < 4.78 is 13.5. The number of aryl methyl sites for hydroxylation is 1. The monoisotopic (exact) mass is 264 g/mol. The van der Waals surface area contributed by atoms with Gasteiger partial charge in [0.15, 0.2) is 0 Å². The van der Waals surface area contributed by atoms with E-state index in [0.717, 1.165) is 30.1 Å². The van der Waals surface area contributed by atoms with E-state index >= 15 is 0 Å². The van der Waals surface area contributed by atoms with Crippen LogP contribution in [0.1, 0.15) is 37.4 Å². The van der Waals surface area contributed by atoms with Gasteiger partial charge in [-0.1, -0.05) is 19.9 Å². The molecule has 1 heterocycles. The summed E-state index contributed by atoms with van der Waals surface area (Å²) in [6, 6.07) is 5.17. The maximum absolute atomic E-state index is 13.5. The summed E-state index contributed by atoms with van der Waals surface area (Å²) in [6.07, 6.45) is 1.22. The van der Waals surface area contributed by atoms with Crippen LogP contribution in [0, 0.1) is 24.6 Å². The van der Waals surface area contributed by atoms with Crippen LogP contribution in [0.5, 0.6) is 0 Å². The Morgan fingerprint density at radius 1 is 1.42 bits per heavy atom.